The zero-order valence-corrected chi connectivity index (χ0v) is 40.1. The summed E-state index contributed by atoms with van der Waals surface area (Å²) in [5.74, 6) is 2.42. The van der Waals surface area contributed by atoms with Crippen LogP contribution in [-0.4, -0.2) is 21.0 Å². The molecular weight excluding hydrogens is 759 g/mol. The molecular formula is C44H66Cl2S2Ti2. The van der Waals surface area contributed by atoms with Crippen molar-refractivity contribution in [3.8, 4) is 0 Å². The average molecular weight is 826 g/mol. The van der Waals surface area contributed by atoms with Crippen LogP contribution in [0.4, 0.5) is 0 Å². The number of rotatable bonds is 10. The van der Waals surface area contributed by atoms with E-state index in [1.54, 1.807) is 11.1 Å². The van der Waals surface area contributed by atoms with Crippen LogP contribution in [0, 0.1) is 33.8 Å². The molecule has 0 aromatic carbocycles. The second kappa shape index (κ2) is 21.1. The minimum atomic E-state index is 0. The predicted molar refractivity (Wildman–Crippen MR) is 211 cm³/mol. The fraction of sp³-hybridized carbons (Fsp3) is 0.636. The number of allylic oxidation sites excluding steroid dienone is 14. The number of hydrogen-bond acceptors (Lipinski definition) is 2. The fourth-order valence-corrected chi connectivity index (χ4v) is 11.2. The van der Waals surface area contributed by atoms with Gasteiger partial charge in [0, 0.05) is 9.49 Å². The summed E-state index contributed by atoms with van der Waals surface area (Å²) in [7, 11) is 0. The van der Waals surface area contributed by atoms with Crippen LogP contribution in [0.1, 0.15) is 135 Å². The third-order valence-corrected chi connectivity index (χ3v) is 14.5. The van der Waals surface area contributed by atoms with Crippen LogP contribution in [0.2, 0.25) is 0 Å². The first kappa shape index (κ1) is 52.7. The Morgan fingerprint density at radius 2 is 0.920 bits per heavy atom. The molecule has 50 heavy (non-hydrogen) atoms. The van der Waals surface area contributed by atoms with E-state index in [0.717, 1.165) is 25.7 Å². The Hall–Kier alpha value is 0.629. The normalized spacial score (nSPS) is 23.2. The van der Waals surface area contributed by atoms with Gasteiger partial charge >= 0.3 is 43.4 Å². The molecule has 0 radical (unpaired) electrons. The maximum Gasteiger partial charge on any atom is 2.00 e. The van der Waals surface area contributed by atoms with E-state index in [2.05, 4.69) is 181 Å². The Labute approximate surface area is 360 Å². The van der Waals surface area contributed by atoms with Crippen molar-refractivity contribution in [2.24, 2.45) is 21.7 Å². The average Bonchev–Trinajstić information content (AvgIpc) is 3.71. The van der Waals surface area contributed by atoms with Crippen LogP contribution < -0.4 is 24.8 Å². The maximum atomic E-state index is 3.62. The molecule has 6 heteroatoms. The monoisotopic (exact) mass is 824 g/mol. The maximum absolute atomic E-state index is 3.62. The summed E-state index contributed by atoms with van der Waals surface area (Å²) >= 11 is 4.34. The second-order valence-corrected chi connectivity index (χ2v) is 19.7. The molecule has 0 aliphatic heterocycles. The molecule has 276 valence electrons. The minimum absolute atomic E-state index is 0. The molecule has 2 unspecified atom stereocenters. The van der Waals surface area contributed by atoms with Crippen molar-refractivity contribution in [2.75, 3.05) is 11.5 Å². The van der Waals surface area contributed by atoms with Gasteiger partial charge in [0.1, 0.15) is 0 Å². The van der Waals surface area contributed by atoms with E-state index in [1.165, 1.54) is 46.6 Å². The molecule has 4 aliphatic carbocycles. The van der Waals surface area contributed by atoms with Crippen LogP contribution in [0.5, 0.6) is 0 Å². The van der Waals surface area contributed by atoms with Gasteiger partial charge in [-0.05, 0) is 83.8 Å². The first-order valence-corrected chi connectivity index (χ1v) is 19.9. The van der Waals surface area contributed by atoms with Crippen molar-refractivity contribution in [1.29, 1.82) is 0 Å². The van der Waals surface area contributed by atoms with Gasteiger partial charge in [-0.3, -0.25) is 12.2 Å². The molecule has 0 spiro atoms. The Bertz CT molecular complexity index is 1250. The van der Waals surface area contributed by atoms with Crippen LogP contribution in [0.15, 0.2) is 82.0 Å². The third-order valence-electron chi connectivity index (χ3n) is 10.5. The largest absolute Gasteiger partial charge is 2.00 e. The number of halogens is 2. The van der Waals surface area contributed by atoms with Gasteiger partial charge in [-0.2, -0.15) is 12.2 Å². The number of hydrogen-bond donors (Lipinski definition) is 0. The molecule has 2 atom stereocenters. The smallest absolute Gasteiger partial charge is 1.00 e. The van der Waals surface area contributed by atoms with Crippen molar-refractivity contribution in [3.63, 3.8) is 0 Å². The van der Waals surface area contributed by atoms with E-state index < -0.39 is 0 Å². The molecule has 0 heterocycles. The summed E-state index contributed by atoms with van der Waals surface area (Å²) in [6.07, 6.45) is 32.8. The molecule has 0 nitrogen and oxygen atoms in total. The van der Waals surface area contributed by atoms with Gasteiger partial charge in [-0.1, -0.05) is 119 Å². The van der Waals surface area contributed by atoms with Gasteiger partial charge in [-0.15, -0.1) is 36.4 Å². The molecule has 4 aliphatic rings. The van der Waals surface area contributed by atoms with Crippen molar-refractivity contribution in [1.82, 2.24) is 0 Å². The summed E-state index contributed by atoms with van der Waals surface area (Å²) < 4.78 is 0.246. The summed E-state index contributed by atoms with van der Waals surface area (Å²) in [5.41, 5.74) is 9.33. The Balaban J connectivity index is 0. The topological polar surface area (TPSA) is 0 Å². The van der Waals surface area contributed by atoms with Crippen LogP contribution >= 0.6 is 23.5 Å². The van der Waals surface area contributed by atoms with Gasteiger partial charge in [0.15, 0.2) is 0 Å². The van der Waals surface area contributed by atoms with E-state index in [4.69, 9.17) is 0 Å². The van der Waals surface area contributed by atoms with Crippen LogP contribution in [-0.2, 0) is 43.4 Å². The molecule has 0 aromatic rings. The summed E-state index contributed by atoms with van der Waals surface area (Å²) in [5, 5.41) is 0. The van der Waals surface area contributed by atoms with E-state index in [9.17, 15) is 0 Å². The SMILES string of the molecule is CCCSC1(C(C)(C)C2=[C-]CC=C2)CC=C(C)C=C1C(C)(C)C.CCCSC1(C(C)(C)C2=[C-]CC=C2)CC=C(C)C=C1C(C)(C)C.[Cl-].[Cl-].[Ti+2].[Ti+2]. The van der Waals surface area contributed by atoms with Gasteiger partial charge in [0.25, 0.3) is 0 Å². The summed E-state index contributed by atoms with van der Waals surface area (Å²) in [6, 6.07) is 0. The van der Waals surface area contributed by atoms with Gasteiger partial charge in [0.2, 0.25) is 0 Å². The summed E-state index contributed by atoms with van der Waals surface area (Å²) in [6.45, 7) is 33.0. The van der Waals surface area contributed by atoms with Gasteiger partial charge in [0.05, 0.1) is 0 Å². The van der Waals surface area contributed by atoms with Crippen molar-refractivity contribution in [3.05, 3.63) is 94.2 Å². The number of thioether (sulfide) groups is 2. The first-order chi connectivity index (χ1) is 21.3. The Morgan fingerprint density at radius 1 is 0.600 bits per heavy atom. The fourth-order valence-electron chi connectivity index (χ4n) is 7.75. The van der Waals surface area contributed by atoms with E-state index in [0.29, 0.717) is 0 Å². The Morgan fingerprint density at radius 3 is 1.16 bits per heavy atom. The minimum Gasteiger partial charge on any atom is -1.00 e. The van der Waals surface area contributed by atoms with E-state index >= 15 is 0 Å². The van der Waals surface area contributed by atoms with E-state index in [-0.39, 0.29) is 99.4 Å². The first-order valence-electron chi connectivity index (χ1n) is 17.9. The van der Waals surface area contributed by atoms with Crippen LogP contribution in [0.3, 0.4) is 0 Å². The molecule has 0 N–H and O–H groups in total. The van der Waals surface area contributed by atoms with Gasteiger partial charge in [-0.25, -0.2) is 23.3 Å². The third kappa shape index (κ3) is 11.3. The summed E-state index contributed by atoms with van der Waals surface area (Å²) in [4.78, 5) is 0. The zero-order chi connectivity index (χ0) is 34.6. The predicted octanol–water partition coefficient (Wildman–Crippen LogP) is 7.82. The molecule has 0 bridgehead atoms. The van der Waals surface area contributed by atoms with Crippen molar-refractivity contribution < 1.29 is 68.2 Å². The van der Waals surface area contributed by atoms with E-state index in [1.807, 2.05) is 0 Å². The second-order valence-electron chi connectivity index (χ2n) is 16.9. The quantitative estimate of drug-likeness (QED) is 0.163. The molecule has 0 aromatic heterocycles. The van der Waals surface area contributed by atoms with Gasteiger partial charge < -0.3 is 24.8 Å². The molecule has 0 fully saturated rings. The molecule has 4 rings (SSSR count). The van der Waals surface area contributed by atoms with Crippen molar-refractivity contribution >= 4 is 23.5 Å². The Kier molecular flexibility index (Phi) is 22.2. The molecule has 0 amide bonds. The molecule has 0 saturated heterocycles. The van der Waals surface area contributed by atoms with Crippen LogP contribution in [0.25, 0.3) is 0 Å². The van der Waals surface area contributed by atoms with Crippen molar-refractivity contribution in [2.45, 2.75) is 145 Å². The zero-order valence-electron chi connectivity index (χ0n) is 33.8. The standard InChI is InChI=1S/2C22H33S.2ClH.2Ti/c2*1-8-15-23-22(21(6,7)18-11-9-10-12-18)14-13-17(2)16-19(22)20(3,4)5;;;;/h2*9,11,13,16H,8,10,14-15H2,1-7H3;2*1H;;/q2*-1;;;2*+2/p-2. The molecule has 0 saturated carbocycles.